The second kappa shape index (κ2) is 7.64. The summed E-state index contributed by atoms with van der Waals surface area (Å²) in [5, 5.41) is 6.85. The largest absolute Gasteiger partial charge is 0.495 e. The average Bonchev–Trinajstić information content (AvgIpc) is 2.54. The Morgan fingerprint density at radius 2 is 2.19 bits per heavy atom. The normalized spacial score (nSPS) is 10.3. The van der Waals surface area contributed by atoms with Crippen LogP contribution in [-0.4, -0.2) is 30.8 Å². The molecule has 108 valence electrons. The lowest BCUT2D eigenvalue weighted by atomic mass is 10.3. The Hall–Kier alpha value is -2.89. The third-order valence-corrected chi connectivity index (χ3v) is 2.63. The Kier molecular flexibility index (Phi) is 5.28. The first-order chi connectivity index (χ1) is 10.3. The van der Waals surface area contributed by atoms with Crippen LogP contribution >= 0.6 is 0 Å². The van der Waals surface area contributed by atoms with Crippen LogP contribution in [0.3, 0.4) is 0 Å². The first-order valence-corrected chi connectivity index (χ1v) is 6.38. The quantitative estimate of drug-likeness (QED) is 0.625. The summed E-state index contributed by atoms with van der Waals surface area (Å²) in [6, 6.07) is 11.0. The molecule has 0 saturated carbocycles. The summed E-state index contributed by atoms with van der Waals surface area (Å²) in [7, 11) is 1.58. The summed E-state index contributed by atoms with van der Waals surface area (Å²) >= 11 is 0. The van der Waals surface area contributed by atoms with Gasteiger partial charge in [-0.3, -0.25) is 9.78 Å². The van der Waals surface area contributed by atoms with Crippen molar-refractivity contribution >= 4 is 17.8 Å². The molecule has 0 bridgehead atoms. The number of nitrogens with one attached hydrogen (secondary N) is 2. The Balaban J connectivity index is 1.81. The highest BCUT2D eigenvalue weighted by molar-refractivity contribution is 5.84. The van der Waals surface area contributed by atoms with E-state index in [2.05, 4.69) is 20.8 Å². The minimum atomic E-state index is -0.249. The van der Waals surface area contributed by atoms with Gasteiger partial charge in [-0.25, -0.2) is 5.43 Å². The van der Waals surface area contributed by atoms with Crippen LogP contribution in [-0.2, 0) is 4.79 Å². The summed E-state index contributed by atoms with van der Waals surface area (Å²) in [4.78, 5) is 15.6. The number of para-hydroxylation sites is 2. The van der Waals surface area contributed by atoms with Crippen LogP contribution in [0, 0.1) is 0 Å². The topological polar surface area (TPSA) is 75.6 Å². The molecule has 0 atom stereocenters. The molecule has 2 aromatic rings. The fourth-order valence-corrected chi connectivity index (χ4v) is 1.64. The zero-order valence-corrected chi connectivity index (χ0v) is 11.6. The number of carbonyl (C=O) groups excluding carboxylic acids is 1. The number of benzene rings is 1. The molecule has 6 heteroatoms. The number of aromatic nitrogens is 1. The van der Waals surface area contributed by atoms with E-state index in [1.807, 2.05) is 30.3 Å². The molecule has 0 aliphatic carbocycles. The van der Waals surface area contributed by atoms with Crippen molar-refractivity contribution in [3.8, 4) is 5.75 Å². The van der Waals surface area contributed by atoms with E-state index in [4.69, 9.17) is 4.74 Å². The third kappa shape index (κ3) is 4.61. The summed E-state index contributed by atoms with van der Waals surface area (Å²) in [5.74, 6) is 0.435. The number of pyridine rings is 1. The predicted molar refractivity (Wildman–Crippen MR) is 81.5 cm³/mol. The van der Waals surface area contributed by atoms with E-state index < -0.39 is 0 Å². The monoisotopic (exact) mass is 284 g/mol. The van der Waals surface area contributed by atoms with Gasteiger partial charge in [0.15, 0.2) is 0 Å². The second-order valence-electron chi connectivity index (χ2n) is 4.13. The number of anilines is 1. The molecule has 1 amide bonds. The SMILES string of the molecule is COc1ccccc1NCC(=O)N/N=C/c1cccnc1. The number of hydrazone groups is 1. The maximum absolute atomic E-state index is 11.7. The van der Waals surface area contributed by atoms with Crippen molar-refractivity contribution < 1.29 is 9.53 Å². The summed E-state index contributed by atoms with van der Waals surface area (Å²) in [6.07, 6.45) is 4.86. The average molecular weight is 284 g/mol. The van der Waals surface area contributed by atoms with Crippen LogP contribution in [0.2, 0.25) is 0 Å². The lowest BCUT2D eigenvalue weighted by Gasteiger charge is -2.09. The highest BCUT2D eigenvalue weighted by Gasteiger charge is 2.03. The summed E-state index contributed by atoms with van der Waals surface area (Å²) in [6.45, 7) is 0.102. The molecule has 0 spiro atoms. The molecule has 0 aliphatic rings. The van der Waals surface area contributed by atoms with Gasteiger partial charge in [-0.05, 0) is 18.2 Å². The van der Waals surface area contributed by atoms with E-state index >= 15 is 0 Å². The summed E-state index contributed by atoms with van der Waals surface area (Å²) < 4.78 is 5.19. The minimum Gasteiger partial charge on any atom is -0.495 e. The number of nitrogens with zero attached hydrogens (tertiary/aromatic N) is 2. The van der Waals surface area contributed by atoms with Gasteiger partial charge in [-0.1, -0.05) is 18.2 Å². The molecule has 1 aromatic carbocycles. The molecule has 0 radical (unpaired) electrons. The molecule has 1 aromatic heterocycles. The zero-order valence-electron chi connectivity index (χ0n) is 11.6. The first kappa shape index (κ1) is 14.5. The molecule has 0 fully saturated rings. The third-order valence-electron chi connectivity index (χ3n) is 2.63. The Labute approximate surface area is 122 Å². The Bertz CT molecular complexity index is 614. The van der Waals surface area contributed by atoms with E-state index in [1.165, 1.54) is 6.21 Å². The highest BCUT2D eigenvalue weighted by Crippen LogP contribution is 2.22. The van der Waals surface area contributed by atoms with Gasteiger partial charge >= 0.3 is 0 Å². The van der Waals surface area contributed by atoms with E-state index in [-0.39, 0.29) is 12.5 Å². The van der Waals surface area contributed by atoms with Crippen molar-refractivity contribution in [2.24, 2.45) is 5.10 Å². The molecular weight excluding hydrogens is 268 g/mol. The van der Waals surface area contributed by atoms with Crippen LogP contribution in [0.1, 0.15) is 5.56 Å². The number of carbonyl (C=O) groups is 1. The highest BCUT2D eigenvalue weighted by atomic mass is 16.5. The van der Waals surface area contributed by atoms with Gasteiger partial charge in [0.25, 0.3) is 5.91 Å². The van der Waals surface area contributed by atoms with E-state index in [9.17, 15) is 4.79 Å². The first-order valence-electron chi connectivity index (χ1n) is 6.38. The van der Waals surface area contributed by atoms with Crippen LogP contribution in [0.15, 0.2) is 53.9 Å². The van der Waals surface area contributed by atoms with E-state index in [0.29, 0.717) is 5.75 Å². The van der Waals surface area contributed by atoms with Crippen molar-refractivity contribution in [3.05, 3.63) is 54.4 Å². The fraction of sp³-hybridized carbons (Fsp3) is 0.133. The van der Waals surface area contributed by atoms with Gasteiger partial charge in [0.1, 0.15) is 5.75 Å². The number of hydrogen-bond donors (Lipinski definition) is 2. The van der Waals surface area contributed by atoms with Crippen molar-refractivity contribution in [3.63, 3.8) is 0 Å². The number of methoxy groups -OCH3 is 1. The van der Waals surface area contributed by atoms with Crippen molar-refractivity contribution in [1.29, 1.82) is 0 Å². The zero-order chi connectivity index (χ0) is 14.9. The lowest BCUT2D eigenvalue weighted by molar-refractivity contribution is -0.119. The van der Waals surface area contributed by atoms with E-state index in [0.717, 1.165) is 11.3 Å². The van der Waals surface area contributed by atoms with Crippen LogP contribution in [0.5, 0.6) is 5.75 Å². The number of rotatable bonds is 6. The lowest BCUT2D eigenvalue weighted by Crippen LogP contribution is -2.26. The van der Waals surface area contributed by atoms with Crippen LogP contribution < -0.4 is 15.5 Å². The molecule has 2 rings (SSSR count). The number of amides is 1. The molecule has 2 N–H and O–H groups in total. The number of ether oxygens (including phenoxy) is 1. The minimum absolute atomic E-state index is 0.102. The van der Waals surface area contributed by atoms with Gasteiger partial charge in [0, 0.05) is 18.0 Å². The fourth-order valence-electron chi connectivity index (χ4n) is 1.64. The second-order valence-corrected chi connectivity index (χ2v) is 4.13. The maximum atomic E-state index is 11.7. The smallest absolute Gasteiger partial charge is 0.259 e. The molecule has 0 unspecified atom stereocenters. The molecule has 0 aliphatic heterocycles. The van der Waals surface area contributed by atoms with Gasteiger partial charge in [0.05, 0.1) is 25.6 Å². The Morgan fingerprint density at radius 1 is 1.33 bits per heavy atom. The summed E-state index contributed by atoms with van der Waals surface area (Å²) in [5.41, 5.74) is 4.01. The van der Waals surface area contributed by atoms with Crippen molar-refractivity contribution in [2.75, 3.05) is 19.0 Å². The van der Waals surface area contributed by atoms with Crippen molar-refractivity contribution in [2.45, 2.75) is 0 Å². The molecule has 0 saturated heterocycles. The van der Waals surface area contributed by atoms with Gasteiger partial charge in [-0.15, -0.1) is 0 Å². The van der Waals surface area contributed by atoms with Gasteiger partial charge < -0.3 is 10.1 Å². The predicted octanol–water partition coefficient (Wildman–Crippen LogP) is 1.65. The molecular formula is C15H16N4O2. The Morgan fingerprint density at radius 3 is 2.95 bits per heavy atom. The standard InChI is InChI=1S/C15H16N4O2/c1-21-14-7-3-2-6-13(14)17-11-15(20)19-18-10-12-5-4-8-16-9-12/h2-10,17H,11H2,1H3,(H,19,20)/b18-10+. The van der Waals surface area contributed by atoms with Crippen LogP contribution in [0.4, 0.5) is 5.69 Å². The maximum Gasteiger partial charge on any atom is 0.259 e. The molecule has 6 nitrogen and oxygen atoms in total. The van der Waals surface area contributed by atoms with Crippen molar-refractivity contribution in [1.82, 2.24) is 10.4 Å². The number of hydrogen-bond acceptors (Lipinski definition) is 5. The van der Waals surface area contributed by atoms with E-state index in [1.54, 1.807) is 25.6 Å². The van der Waals surface area contributed by atoms with Gasteiger partial charge in [-0.2, -0.15) is 5.10 Å². The molecule has 21 heavy (non-hydrogen) atoms. The molecule has 1 heterocycles. The van der Waals surface area contributed by atoms with Crippen LogP contribution in [0.25, 0.3) is 0 Å². The van der Waals surface area contributed by atoms with Gasteiger partial charge in [0.2, 0.25) is 0 Å².